The van der Waals surface area contributed by atoms with E-state index in [9.17, 15) is 9.18 Å². The highest BCUT2D eigenvalue weighted by Crippen LogP contribution is 2.35. The number of carbonyl (C=O) groups is 1. The number of rotatable bonds is 4. The lowest BCUT2D eigenvalue weighted by molar-refractivity contribution is 0.0739. The van der Waals surface area contributed by atoms with E-state index in [2.05, 4.69) is 27.7 Å². The van der Waals surface area contributed by atoms with E-state index in [0.717, 1.165) is 19.6 Å². The first-order valence-corrected chi connectivity index (χ1v) is 8.81. The Kier molecular flexibility index (Phi) is 4.56. The van der Waals surface area contributed by atoms with Gasteiger partial charge in [-0.1, -0.05) is 18.2 Å². The van der Waals surface area contributed by atoms with Gasteiger partial charge in [-0.3, -0.25) is 4.79 Å². The number of hydrazone groups is 1. The summed E-state index contributed by atoms with van der Waals surface area (Å²) in [7, 11) is 1.84. The minimum absolute atomic E-state index is 0.0387. The van der Waals surface area contributed by atoms with Crippen molar-refractivity contribution >= 4 is 50.1 Å². The molecule has 3 aromatic rings. The molecule has 0 bridgehead atoms. The summed E-state index contributed by atoms with van der Waals surface area (Å²) in [5.74, 6) is -0.666. The minimum atomic E-state index is -0.368. The highest BCUT2D eigenvalue weighted by molar-refractivity contribution is 9.11. The highest BCUT2D eigenvalue weighted by Gasteiger charge is 2.25. The van der Waals surface area contributed by atoms with Crippen LogP contribution in [-0.4, -0.2) is 22.2 Å². The fraction of sp³-hybridized carbons (Fsp3) is 0.176. The van der Waals surface area contributed by atoms with Crippen molar-refractivity contribution in [3.63, 3.8) is 0 Å². The number of thiophene rings is 1. The largest absolute Gasteiger partial charge is 0.339 e. The van der Waals surface area contributed by atoms with Crippen LogP contribution in [0.2, 0.25) is 0 Å². The van der Waals surface area contributed by atoms with Crippen LogP contribution < -0.4 is 0 Å². The molecule has 3 rings (SSSR count). The molecule has 0 aliphatic heterocycles. The number of fused-ring (bicyclic) bond motifs is 1. The van der Waals surface area contributed by atoms with Crippen LogP contribution in [0.4, 0.5) is 4.39 Å². The summed E-state index contributed by atoms with van der Waals surface area (Å²) in [5.41, 5.74) is 2.79. The van der Waals surface area contributed by atoms with E-state index in [4.69, 9.17) is 0 Å². The number of aromatic nitrogens is 1. The van der Waals surface area contributed by atoms with Gasteiger partial charge in [0.05, 0.1) is 20.5 Å². The molecule has 7 heteroatoms. The van der Waals surface area contributed by atoms with Crippen molar-refractivity contribution < 1.29 is 9.18 Å². The van der Waals surface area contributed by atoms with Gasteiger partial charge in [0, 0.05) is 19.3 Å². The van der Waals surface area contributed by atoms with Crippen molar-refractivity contribution in [3.05, 3.63) is 56.8 Å². The second-order valence-electron chi connectivity index (χ2n) is 5.39. The molecule has 0 spiro atoms. The van der Waals surface area contributed by atoms with E-state index in [0.29, 0.717) is 11.3 Å². The summed E-state index contributed by atoms with van der Waals surface area (Å²) in [6, 6.07) is 8.31. The summed E-state index contributed by atoms with van der Waals surface area (Å²) in [6.07, 6.45) is 0. The van der Waals surface area contributed by atoms with E-state index in [1.54, 1.807) is 29.5 Å². The summed E-state index contributed by atoms with van der Waals surface area (Å²) in [5, 5.41) is 5.00. The molecule has 4 nitrogen and oxygen atoms in total. The van der Waals surface area contributed by atoms with Crippen LogP contribution >= 0.6 is 27.3 Å². The number of amides is 1. The molecule has 24 heavy (non-hydrogen) atoms. The third-order valence-corrected chi connectivity index (χ3v) is 5.71. The van der Waals surface area contributed by atoms with Crippen molar-refractivity contribution in [2.24, 2.45) is 12.1 Å². The van der Waals surface area contributed by atoms with Gasteiger partial charge in [0.25, 0.3) is 5.91 Å². The Balaban J connectivity index is 1.99. The number of hydrogen-bond acceptors (Lipinski definition) is 3. The number of hydrogen-bond donors (Lipinski definition) is 0. The first-order valence-electron chi connectivity index (χ1n) is 7.20. The Morgan fingerprint density at radius 3 is 2.79 bits per heavy atom. The maximum atomic E-state index is 13.9. The summed E-state index contributed by atoms with van der Waals surface area (Å²) in [6.45, 7) is 5.41. The molecule has 0 saturated carbocycles. The molecule has 0 atom stereocenters. The Morgan fingerprint density at radius 1 is 1.46 bits per heavy atom. The van der Waals surface area contributed by atoms with Crippen LogP contribution in [0.25, 0.3) is 10.2 Å². The van der Waals surface area contributed by atoms with Crippen molar-refractivity contribution in [2.45, 2.75) is 13.5 Å². The molecule has 0 aliphatic rings. The zero-order chi connectivity index (χ0) is 17.4. The quantitative estimate of drug-likeness (QED) is 0.455. The Labute approximate surface area is 151 Å². The number of halogens is 2. The predicted molar refractivity (Wildman–Crippen MR) is 99.1 cm³/mol. The molecule has 0 saturated heterocycles. The lowest BCUT2D eigenvalue weighted by Gasteiger charge is -2.18. The second-order valence-corrected chi connectivity index (χ2v) is 7.82. The van der Waals surface area contributed by atoms with Gasteiger partial charge in [-0.2, -0.15) is 5.10 Å². The monoisotopic (exact) mass is 407 g/mol. The van der Waals surface area contributed by atoms with Crippen molar-refractivity contribution in [1.82, 2.24) is 9.58 Å². The number of benzene rings is 1. The molecule has 1 amide bonds. The summed E-state index contributed by atoms with van der Waals surface area (Å²) < 4.78 is 17.8. The fourth-order valence-corrected chi connectivity index (χ4v) is 4.37. The van der Waals surface area contributed by atoms with Crippen LogP contribution in [0.3, 0.4) is 0 Å². The van der Waals surface area contributed by atoms with E-state index < -0.39 is 0 Å². The Bertz CT molecular complexity index is 909. The summed E-state index contributed by atoms with van der Waals surface area (Å²) >= 11 is 5.04. The second kappa shape index (κ2) is 6.49. The van der Waals surface area contributed by atoms with Gasteiger partial charge in [-0.25, -0.2) is 9.40 Å². The van der Waals surface area contributed by atoms with Crippen molar-refractivity contribution in [3.8, 4) is 0 Å². The molecule has 0 fully saturated rings. The van der Waals surface area contributed by atoms with Gasteiger partial charge in [0.15, 0.2) is 0 Å². The molecular formula is C17H15BrFN3OS. The third-order valence-electron chi connectivity index (χ3n) is 3.96. The van der Waals surface area contributed by atoms with Crippen molar-refractivity contribution in [2.75, 3.05) is 0 Å². The molecule has 0 radical (unpaired) electrons. The van der Waals surface area contributed by atoms with Crippen LogP contribution in [-0.2, 0) is 13.6 Å². The molecule has 0 N–H and O–H groups in total. The van der Waals surface area contributed by atoms with E-state index >= 15 is 0 Å². The standard InChI is InChI=1S/C17H15BrFN3OS/c1-10-15(21(3)13-8-14(18)24-16(10)13)17(23)22(20-2)9-11-6-4-5-7-12(11)19/h4-8H,2,9H2,1,3H3. The molecule has 1 aromatic carbocycles. The van der Waals surface area contributed by atoms with E-state index in [1.807, 2.05) is 24.6 Å². The van der Waals surface area contributed by atoms with Gasteiger partial charge in [0.2, 0.25) is 0 Å². The zero-order valence-corrected chi connectivity index (χ0v) is 15.6. The number of nitrogens with zero attached hydrogens (tertiary/aromatic N) is 3. The average Bonchev–Trinajstić information content (AvgIpc) is 3.04. The topological polar surface area (TPSA) is 37.6 Å². The Morgan fingerprint density at radius 2 is 2.17 bits per heavy atom. The Hall–Kier alpha value is -1.99. The van der Waals surface area contributed by atoms with Gasteiger partial charge in [-0.05, 0) is 40.5 Å². The van der Waals surface area contributed by atoms with Crippen LogP contribution in [0, 0.1) is 12.7 Å². The van der Waals surface area contributed by atoms with Gasteiger partial charge < -0.3 is 4.57 Å². The molecule has 0 unspecified atom stereocenters. The first kappa shape index (κ1) is 16.9. The van der Waals surface area contributed by atoms with Gasteiger partial charge in [-0.15, -0.1) is 11.3 Å². The molecule has 124 valence electrons. The van der Waals surface area contributed by atoms with E-state index in [-0.39, 0.29) is 18.3 Å². The molecule has 2 aromatic heterocycles. The summed E-state index contributed by atoms with van der Waals surface area (Å²) in [4.78, 5) is 12.9. The molecule has 2 heterocycles. The highest BCUT2D eigenvalue weighted by atomic mass is 79.9. The first-order chi connectivity index (χ1) is 11.4. The lowest BCUT2D eigenvalue weighted by atomic mass is 10.2. The zero-order valence-electron chi connectivity index (χ0n) is 13.2. The smallest absolute Gasteiger partial charge is 0.291 e. The molecular weight excluding hydrogens is 393 g/mol. The van der Waals surface area contributed by atoms with Crippen LogP contribution in [0.1, 0.15) is 21.6 Å². The van der Waals surface area contributed by atoms with Gasteiger partial charge in [0.1, 0.15) is 11.5 Å². The number of carbonyl (C=O) groups excluding carboxylic acids is 1. The van der Waals surface area contributed by atoms with Crippen LogP contribution in [0.15, 0.2) is 39.2 Å². The van der Waals surface area contributed by atoms with E-state index in [1.165, 1.54) is 11.1 Å². The third kappa shape index (κ3) is 2.78. The number of aryl methyl sites for hydroxylation is 2. The SMILES string of the molecule is C=NN(Cc1ccccc1F)C(=O)c1c(C)c2sc(Br)cc2n1C. The normalized spacial score (nSPS) is 11.0. The molecule has 0 aliphatic carbocycles. The van der Waals surface area contributed by atoms with Crippen molar-refractivity contribution in [1.29, 1.82) is 0 Å². The lowest BCUT2D eigenvalue weighted by Crippen LogP contribution is -2.28. The predicted octanol–water partition coefficient (Wildman–Crippen LogP) is 4.71. The van der Waals surface area contributed by atoms with Gasteiger partial charge >= 0.3 is 0 Å². The minimum Gasteiger partial charge on any atom is -0.339 e. The maximum absolute atomic E-state index is 13.9. The fourth-order valence-electron chi connectivity index (χ4n) is 2.75. The van der Waals surface area contributed by atoms with Crippen LogP contribution in [0.5, 0.6) is 0 Å². The maximum Gasteiger partial charge on any atom is 0.291 e. The average molecular weight is 408 g/mol.